The predicted molar refractivity (Wildman–Crippen MR) is 69.6 cm³/mol. The van der Waals surface area contributed by atoms with Crippen LogP contribution in [0.25, 0.3) is 0 Å². The zero-order valence-electron chi connectivity index (χ0n) is 11.0. The van der Waals surface area contributed by atoms with Crippen molar-refractivity contribution in [3.05, 3.63) is 52.6 Å². The lowest BCUT2D eigenvalue weighted by Gasteiger charge is -2.06. The molecule has 0 spiro atoms. The smallest absolute Gasteiger partial charge is 0.126 e. The quantitative estimate of drug-likeness (QED) is 0.899. The Morgan fingerprint density at radius 3 is 2.67 bits per heavy atom. The van der Waals surface area contributed by atoms with Crippen LogP contribution in [0.3, 0.4) is 0 Å². The molecule has 1 aromatic carbocycles. The van der Waals surface area contributed by atoms with Gasteiger partial charge < -0.3 is 5.32 Å². The minimum absolute atomic E-state index is 0.146. The van der Waals surface area contributed by atoms with Crippen molar-refractivity contribution in [2.24, 2.45) is 7.05 Å². The summed E-state index contributed by atoms with van der Waals surface area (Å²) in [5, 5.41) is 7.48. The minimum Gasteiger partial charge on any atom is -0.308 e. The molecule has 2 aromatic rings. The largest absolute Gasteiger partial charge is 0.308 e. The van der Waals surface area contributed by atoms with Gasteiger partial charge in [0.05, 0.1) is 6.20 Å². The van der Waals surface area contributed by atoms with Gasteiger partial charge in [0.25, 0.3) is 0 Å². The van der Waals surface area contributed by atoms with Crippen LogP contribution in [0, 0.1) is 19.7 Å². The number of aryl methyl sites for hydroxylation is 2. The van der Waals surface area contributed by atoms with E-state index in [0.29, 0.717) is 12.1 Å². The van der Waals surface area contributed by atoms with Crippen LogP contribution in [0.5, 0.6) is 0 Å². The highest BCUT2D eigenvalue weighted by molar-refractivity contribution is 5.23. The van der Waals surface area contributed by atoms with Crippen molar-refractivity contribution in [1.29, 1.82) is 0 Å². The van der Waals surface area contributed by atoms with Gasteiger partial charge in [0.2, 0.25) is 0 Å². The van der Waals surface area contributed by atoms with E-state index in [2.05, 4.69) is 10.4 Å². The summed E-state index contributed by atoms with van der Waals surface area (Å²) in [7, 11) is 1.92. The van der Waals surface area contributed by atoms with Crippen molar-refractivity contribution in [3.63, 3.8) is 0 Å². The lowest BCUT2D eigenvalue weighted by Crippen LogP contribution is -2.13. The van der Waals surface area contributed by atoms with Crippen molar-refractivity contribution in [2.75, 3.05) is 0 Å². The van der Waals surface area contributed by atoms with Gasteiger partial charge in [-0.3, -0.25) is 4.68 Å². The van der Waals surface area contributed by atoms with Crippen molar-refractivity contribution in [1.82, 2.24) is 15.1 Å². The topological polar surface area (TPSA) is 29.9 Å². The summed E-state index contributed by atoms with van der Waals surface area (Å²) in [4.78, 5) is 0. The van der Waals surface area contributed by atoms with Gasteiger partial charge in [0.15, 0.2) is 0 Å². The van der Waals surface area contributed by atoms with Gasteiger partial charge >= 0.3 is 0 Å². The molecule has 0 aliphatic heterocycles. The number of aromatic nitrogens is 2. The highest BCUT2D eigenvalue weighted by Crippen LogP contribution is 2.10. The molecule has 0 aliphatic rings. The fraction of sp³-hybridized carbons (Fsp3) is 0.357. The van der Waals surface area contributed by atoms with Gasteiger partial charge in [-0.1, -0.05) is 12.1 Å². The molecule has 0 unspecified atom stereocenters. The summed E-state index contributed by atoms with van der Waals surface area (Å²) in [6.45, 7) is 5.21. The highest BCUT2D eigenvalue weighted by Gasteiger charge is 2.03. The third kappa shape index (κ3) is 2.76. The molecule has 1 heterocycles. The monoisotopic (exact) mass is 247 g/mol. The molecule has 4 heteroatoms. The number of hydrogen-bond acceptors (Lipinski definition) is 2. The molecule has 0 aliphatic carbocycles. The van der Waals surface area contributed by atoms with Gasteiger partial charge in [-0.2, -0.15) is 5.10 Å². The van der Waals surface area contributed by atoms with Crippen LogP contribution in [0.15, 0.2) is 24.4 Å². The Kier molecular flexibility index (Phi) is 3.77. The van der Waals surface area contributed by atoms with Crippen LogP contribution in [0.4, 0.5) is 4.39 Å². The van der Waals surface area contributed by atoms with Crippen LogP contribution in [-0.4, -0.2) is 9.78 Å². The molecule has 96 valence electrons. The lowest BCUT2D eigenvalue weighted by molar-refractivity contribution is 0.611. The molecule has 18 heavy (non-hydrogen) atoms. The second kappa shape index (κ2) is 5.31. The Bertz CT molecular complexity index is 546. The zero-order chi connectivity index (χ0) is 13.1. The van der Waals surface area contributed by atoms with E-state index >= 15 is 0 Å². The fourth-order valence-corrected chi connectivity index (χ4v) is 1.81. The molecule has 0 saturated heterocycles. The second-order valence-electron chi connectivity index (χ2n) is 4.57. The van der Waals surface area contributed by atoms with Crippen molar-refractivity contribution < 1.29 is 4.39 Å². The van der Waals surface area contributed by atoms with Crippen LogP contribution in [-0.2, 0) is 20.1 Å². The summed E-state index contributed by atoms with van der Waals surface area (Å²) < 4.78 is 15.2. The average molecular weight is 247 g/mol. The van der Waals surface area contributed by atoms with Crippen LogP contribution >= 0.6 is 0 Å². The summed E-state index contributed by atoms with van der Waals surface area (Å²) in [5.41, 5.74) is 3.96. The first-order valence-electron chi connectivity index (χ1n) is 6.01. The number of nitrogens with zero attached hydrogens (tertiary/aromatic N) is 2. The molecular weight excluding hydrogens is 229 g/mol. The molecule has 1 aromatic heterocycles. The Hall–Kier alpha value is -1.68. The van der Waals surface area contributed by atoms with Gasteiger partial charge in [-0.25, -0.2) is 4.39 Å². The van der Waals surface area contributed by atoms with Crippen molar-refractivity contribution in [2.45, 2.75) is 26.9 Å². The van der Waals surface area contributed by atoms with E-state index in [-0.39, 0.29) is 5.82 Å². The molecule has 0 saturated carbocycles. The fourth-order valence-electron chi connectivity index (χ4n) is 1.81. The van der Waals surface area contributed by atoms with Gasteiger partial charge in [-0.15, -0.1) is 0 Å². The van der Waals surface area contributed by atoms with E-state index in [1.807, 2.05) is 37.0 Å². The van der Waals surface area contributed by atoms with E-state index in [1.54, 1.807) is 13.0 Å². The Morgan fingerprint density at radius 2 is 2.06 bits per heavy atom. The first-order chi connectivity index (χ1) is 8.58. The maximum Gasteiger partial charge on any atom is 0.126 e. The third-order valence-corrected chi connectivity index (χ3v) is 3.22. The number of benzene rings is 1. The van der Waals surface area contributed by atoms with Crippen LogP contribution in [0.1, 0.15) is 22.4 Å². The number of rotatable bonds is 4. The molecule has 2 rings (SSSR count). The molecule has 1 N–H and O–H groups in total. The molecule has 0 amide bonds. The second-order valence-corrected chi connectivity index (χ2v) is 4.57. The minimum atomic E-state index is -0.146. The summed E-state index contributed by atoms with van der Waals surface area (Å²) in [6.07, 6.45) is 1.86. The first-order valence-corrected chi connectivity index (χ1v) is 6.01. The average Bonchev–Trinajstić information content (AvgIpc) is 2.66. The van der Waals surface area contributed by atoms with E-state index in [4.69, 9.17) is 0 Å². The standard InChI is InChI=1S/C14H18FN3/c1-10-4-5-12(6-14(10)15)7-16-8-13-9-17-18(3)11(13)2/h4-6,9,16H,7-8H2,1-3H3. The molecule has 0 fully saturated rings. The van der Waals surface area contributed by atoms with Gasteiger partial charge in [0.1, 0.15) is 5.82 Å². The molecular formula is C14H18FN3. The maximum absolute atomic E-state index is 13.4. The summed E-state index contributed by atoms with van der Waals surface area (Å²) >= 11 is 0. The Morgan fingerprint density at radius 1 is 1.28 bits per heavy atom. The molecule has 3 nitrogen and oxygen atoms in total. The normalized spacial score (nSPS) is 10.9. The first kappa shape index (κ1) is 12.8. The van der Waals surface area contributed by atoms with E-state index in [9.17, 15) is 4.39 Å². The molecule has 0 bridgehead atoms. The maximum atomic E-state index is 13.4. The zero-order valence-corrected chi connectivity index (χ0v) is 11.0. The lowest BCUT2D eigenvalue weighted by atomic mass is 10.1. The Balaban J connectivity index is 1.92. The molecule has 0 atom stereocenters. The van der Waals surface area contributed by atoms with E-state index in [1.165, 1.54) is 5.56 Å². The summed E-state index contributed by atoms with van der Waals surface area (Å²) in [6, 6.07) is 5.33. The summed E-state index contributed by atoms with van der Waals surface area (Å²) in [5.74, 6) is -0.146. The number of nitrogens with one attached hydrogen (secondary N) is 1. The van der Waals surface area contributed by atoms with Crippen molar-refractivity contribution in [3.8, 4) is 0 Å². The third-order valence-electron chi connectivity index (χ3n) is 3.22. The number of hydrogen-bond donors (Lipinski definition) is 1. The Labute approximate surface area is 107 Å². The molecule has 0 radical (unpaired) electrons. The highest BCUT2D eigenvalue weighted by atomic mass is 19.1. The van der Waals surface area contributed by atoms with Gasteiger partial charge in [0, 0.05) is 31.4 Å². The SMILES string of the molecule is Cc1ccc(CNCc2cnn(C)c2C)cc1F. The van der Waals surface area contributed by atoms with Gasteiger partial charge in [-0.05, 0) is 31.0 Å². The predicted octanol–water partition coefficient (Wildman–Crippen LogP) is 2.47. The van der Waals surface area contributed by atoms with Crippen LogP contribution < -0.4 is 5.32 Å². The van der Waals surface area contributed by atoms with Crippen LogP contribution in [0.2, 0.25) is 0 Å². The number of halogens is 1. The van der Waals surface area contributed by atoms with Crippen molar-refractivity contribution >= 4 is 0 Å². The van der Waals surface area contributed by atoms with E-state index in [0.717, 1.165) is 17.8 Å². The van der Waals surface area contributed by atoms with E-state index < -0.39 is 0 Å².